The van der Waals surface area contributed by atoms with Crippen molar-refractivity contribution in [2.24, 2.45) is 0 Å². The molecule has 14 heavy (non-hydrogen) atoms. The molecule has 0 aromatic rings. The lowest BCUT2D eigenvalue weighted by Gasteiger charge is -2.34. The minimum absolute atomic E-state index is 0.107. The molecule has 0 radical (unpaired) electrons. The number of carboxylic acids is 1. The molecule has 0 bridgehead atoms. The highest BCUT2D eigenvalue weighted by molar-refractivity contribution is 5.67. The number of nitrogens with zero attached hydrogens (tertiary/aromatic N) is 1. The highest BCUT2D eigenvalue weighted by Gasteiger charge is 2.23. The minimum Gasteiger partial charge on any atom is -0.481 e. The van der Waals surface area contributed by atoms with Gasteiger partial charge >= 0.3 is 5.97 Å². The van der Waals surface area contributed by atoms with E-state index < -0.39 is 5.97 Å². The van der Waals surface area contributed by atoms with Gasteiger partial charge in [0.2, 0.25) is 0 Å². The van der Waals surface area contributed by atoms with E-state index in [2.05, 4.69) is 4.90 Å². The van der Waals surface area contributed by atoms with Crippen molar-refractivity contribution in [3.63, 3.8) is 0 Å². The van der Waals surface area contributed by atoms with Crippen LogP contribution in [-0.4, -0.2) is 48.3 Å². The average Bonchev–Trinajstić information content (AvgIpc) is 2.17. The molecule has 1 atom stereocenters. The van der Waals surface area contributed by atoms with Crippen LogP contribution in [0.25, 0.3) is 0 Å². The van der Waals surface area contributed by atoms with Crippen molar-refractivity contribution in [3.8, 4) is 0 Å². The summed E-state index contributed by atoms with van der Waals surface area (Å²) >= 11 is 0. The lowest BCUT2D eigenvalue weighted by Crippen LogP contribution is -2.42. The van der Waals surface area contributed by atoms with Gasteiger partial charge in [-0.25, -0.2) is 0 Å². The third kappa shape index (κ3) is 3.27. The molecular weight excluding hydrogens is 182 g/mol. The first-order valence-corrected chi connectivity index (χ1v) is 5.12. The monoisotopic (exact) mass is 201 g/mol. The fourth-order valence-corrected chi connectivity index (χ4v) is 1.85. The number of rotatable bonds is 4. The summed E-state index contributed by atoms with van der Waals surface area (Å²) in [4.78, 5) is 12.7. The highest BCUT2D eigenvalue weighted by Crippen LogP contribution is 2.16. The van der Waals surface area contributed by atoms with Crippen LogP contribution < -0.4 is 0 Å². The molecule has 0 amide bonds. The van der Waals surface area contributed by atoms with E-state index in [4.69, 9.17) is 9.84 Å². The molecule has 1 unspecified atom stereocenters. The van der Waals surface area contributed by atoms with E-state index in [0.717, 1.165) is 26.1 Å². The molecule has 1 aliphatic heterocycles. The summed E-state index contributed by atoms with van der Waals surface area (Å²) in [5.41, 5.74) is 0. The van der Waals surface area contributed by atoms with Gasteiger partial charge in [0.1, 0.15) is 0 Å². The van der Waals surface area contributed by atoms with E-state index in [1.165, 1.54) is 0 Å². The van der Waals surface area contributed by atoms with Gasteiger partial charge in [0.25, 0.3) is 0 Å². The van der Waals surface area contributed by atoms with Crippen LogP contribution in [0.3, 0.4) is 0 Å². The Balaban J connectivity index is 2.37. The summed E-state index contributed by atoms with van der Waals surface area (Å²) in [6, 6.07) is 0.591. The van der Waals surface area contributed by atoms with Gasteiger partial charge in [0.15, 0.2) is 0 Å². The molecule has 1 N–H and O–H groups in total. The first kappa shape index (κ1) is 11.5. The van der Waals surface area contributed by atoms with Gasteiger partial charge in [0.05, 0.1) is 6.42 Å². The predicted octanol–water partition coefficient (Wildman–Crippen LogP) is 0.960. The molecule has 0 aliphatic carbocycles. The summed E-state index contributed by atoms with van der Waals surface area (Å²) in [6.45, 7) is 3.56. The van der Waals surface area contributed by atoms with Gasteiger partial charge in [-0.1, -0.05) is 0 Å². The number of hydrogen-bond donors (Lipinski definition) is 1. The highest BCUT2D eigenvalue weighted by atomic mass is 16.5. The van der Waals surface area contributed by atoms with Crippen LogP contribution >= 0.6 is 0 Å². The van der Waals surface area contributed by atoms with Crippen LogP contribution in [0.1, 0.15) is 26.2 Å². The topological polar surface area (TPSA) is 49.8 Å². The van der Waals surface area contributed by atoms with Gasteiger partial charge in [-0.2, -0.15) is 0 Å². The number of ether oxygens (including phenoxy) is 1. The fraction of sp³-hybridized carbons (Fsp3) is 0.900. The third-order valence-electron chi connectivity index (χ3n) is 2.93. The van der Waals surface area contributed by atoms with Crippen LogP contribution in [0.15, 0.2) is 0 Å². The van der Waals surface area contributed by atoms with E-state index in [-0.39, 0.29) is 12.5 Å². The smallest absolute Gasteiger partial charge is 0.304 e. The molecule has 0 aromatic heterocycles. The van der Waals surface area contributed by atoms with E-state index >= 15 is 0 Å². The van der Waals surface area contributed by atoms with Crippen molar-refractivity contribution < 1.29 is 14.6 Å². The summed E-state index contributed by atoms with van der Waals surface area (Å²) in [5, 5.41) is 8.68. The molecule has 4 nitrogen and oxygen atoms in total. The average molecular weight is 201 g/mol. The van der Waals surface area contributed by atoms with Gasteiger partial charge in [-0.15, -0.1) is 0 Å². The quantitative estimate of drug-likeness (QED) is 0.736. The molecule has 0 aromatic carbocycles. The molecule has 0 spiro atoms. The maximum Gasteiger partial charge on any atom is 0.304 e. The molecule has 1 aliphatic rings. The summed E-state index contributed by atoms with van der Waals surface area (Å²) in [5.74, 6) is -0.726. The fourth-order valence-electron chi connectivity index (χ4n) is 1.85. The van der Waals surface area contributed by atoms with Gasteiger partial charge in [-0.05, 0) is 26.8 Å². The standard InChI is InChI=1S/C10H19NO3/c1-8(7-10(12)13)11(2)9-3-5-14-6-4-9/h8-9H,3-7H2,1-2H3,(H,12,13). The van der Waals surface area contributed by atoms with Crippen molar-refractivity contribution in [2.75, 3.05) is 20.3 Å². The molecule has 4 heteroatoms. The van der Waals surface area contributed by atoms with Gasteiger partial charge in [-0.3, -0.25) is 9.69 Å². The minimum atomic E-state index is -0.726. The number of hydrogen-bond acceptors (Lipinski definition) is 3. The summed E-state index contributed by atoms with van der Waals surface area (Å²) in [7, 11) is 2.00. The van der Waals surface area contributed by atoms with Gasteiger partial charge < -0.3 is 9.84 Å². The first-order valence-electron chi connectivity index (χ1n) is 5.12. The molecule has 1 heterocycles. The summed E-state index contributed by atoms with van der Waals surface area (Å²) < 4.78 is 5.27. The Hall–Kier alpha value is -0.610. The molecule has 82 valence electrons. The summed E-state index contributed by atoms with van der Waals surface area (Å²) in [6.07, 6.45) is 2.24. The maximum atomic E-state index is 10.5. The second-order valence-corrected chi connectivity index (χ2v) is 3.96. The predicted molar refractivity (Wildman–Crippen MR) is 53.3 cm³/mol. The first-order chi connectivity index (χ1) is 6.61. The Morgan fingerprint density at radius 1 is 1.57 bits per heavy atom. The van der Waals surface area contributed by atoms with Crippen LogP contribution in [-0.2, 0) is 9.53 Å². The molecule has 0 saturated carbocycles. The Morgan fingerprint density at radius 3 is 2.64 bits per heavy atom. The second-order valence-electron chi connectivity index (χ2n) is 3.96. The van der Waals surface area contributed by atoms with Crippen molar-refractivity contribution in [1.29, 1.82) is 0 Å². The van der Waals surface area contributed by atoms with E-state index in [9.17, 15) is 4.79 Å². The number of carbonyl (C=O) groups is 1. The van der Waals surface area contributed by atoms with Crippen molar-refractivity contribution in [1.82, 2.24) is 4.90 Å². The third-order valence-corrected chi connectivity index (χ3v) is 2.93. The Kier molecular flexibility index (Phi) is 4.35. The normalized spacial score (nSPS) is 21.1. The van der Waals surface area contributed by atoms with Crippen LogP contribution in [0.5, 0.6) is 0 Å². The lowest BCUT2D eigenvalue weighted by molar-refractivity contribution is -0.138. The molecule has 1 fully saturated rings. The second kappa shape index (κ2) is 5.32. The van der Waals surface area contributed by atoms with Crippen LogP contribution in [0.4, 0.5) is 0 Å². The van der Waals surface area contributed by atoms with Crippen LogP contribution in [0.2, 0.25) is 0 Å². The molecular formula is C10H19NO3. The SMILES string of the molecule is CC(CC(=O)O)N(C)C1CCOCC1. The zero-order valence-electron chi connectivity index (χ0n) is 8.90. The van der Waals surface area contributed by atoms with Gasteiger partial charge in [0, 0.05) is 25.3 Å². The molecule has 1 saturated heterocycles. The Labute approximate surface area is 84.8 Å². The van der Waals surface area contributed by atoms with E-state index in [1.54, 1.807) is 0 Å². The molecule has 1 rings (SSSR count). The Morgan fingerprint density at radius 2 is 2.14 bits per heavy atom. The van der Waals surface area contributed by atoms with Crippen molar-refractivity contribution in [3.05, 3.63) is 0 Å². The lowest BCUT2D eigenvalue weighted by atomic mass is 10.0. The van der Waals surface area contributed by atoms with Crippen molar-refractivity contribution in [2.45, 2.75) is 38.3 Å². The number of carboxylic acid groups (broad SMARTS) is 1. The van der Waals surface area contributed by atoms with Crippen molar-refractivity contribution >= 4 is 5.97 Å². The zero-order valence-corrected chi connectivity index (χ0v) is 8.90. The Bertz CT molecular complexity index is 190. The van der Waals surface area contributed by atoms with E-state index in [0.29, 0.717) is 6.04 Å². The van der Waals surface area contributed by atoms with Crippen LogP contribution in [0, 0.1) is 0 Å². The maximum absolute atomic E-state index is 10.5. The van der Waals surface area contributed by atoms with E-state index in [1.807, 2.05) is 14.0 Å². The zero-order chi connectivity index (χ0) is 10.6. The number of aliphatic carboxylic acids is 1. The largest absolute Gasteiger partial charge is 0.481 e.